The van der Waals surface area contributed by atoms with Crippen molar-refractivity contribution in [1.82, 2.24) is 5.32 Å². The summed E-state index contributed by atoms with van der Waals surface area (Å²) in [5, 5.41) is 4.95. The summed E-state index contributed by atoms with van der Waals surface area (Å²) >= 11 is 0. The molecule has 1 atom stereocenters. The molecule has 0 bridgehead atoms. The molecule has 2 N–H and O–H groups in total. The number of carbonyl (C=O) groups is 4. The van der Waals surface area contributed by atoms with Gasteiger partial charge >= 0.3 is 11.9 Å². The Morgan fingerprint density at radius 3 is 2.39 bits per heavy atom. The molecule has 0 fully saturated rings. The van der Waals surface area contributed by atoms with Crippen LogP contribution in [0, 0.1) is 0 Å². The smallest absolute Gasteiger partial charge is 0.328 e. The van der Waals surface area contributed by atoms with Crippen molar-refractivity contribution in [3.8, 4) is 0 Å². The zero-order valence-corrected chi connectivity index (χ0v) is 13.0. The highest BCUT2D eigenvalue weighted by atomic mass is 16.5. The molecule has 8 nitrogen and oxygen atoms in total. The van der Waals surface area contributed by atoms with Gasteiger partial charge in [-0.05, 0) is 18.2 Å². The van der Waals surface area contributed by atoms with Crippen LogP contribution in [0.15, 0.2) is 24.3 Å². The summed E-state index contributed by atoms with van der Waals surface area (Å²) < 4.78 is 9.03. The normalized spacial score (nSPS) is 11.1. The molecule has 1 aromatic rings. The highest BCUT2D eigenvalue weighted by Gasteiger charge is 2.25. The molecule has 0 unspecified atom stereocenters. The molecule has 0 spiro atoms. The molecule has 0 aromatic heterocycles. The number of carbonyl (C=O) groups excluding carboxylic acids is 4. The lowest BCUT2D eigenvalue weighted by Gasteiger charge is -2.15. The van der Waals surface area contributed by atoms with Gasteiger partial charge in [-0.25, -0.2) is 4.79 Å². The van der Waals surface area contributed by atoms with Crippen LogP contribution in [0.4, 0.5) is 5.69 Å². The summed E-state index contributed by atoms with van der Waals surface area (Å²) in [4.78, 5) is 46.2. The first-order valence-electron chi connectivity index (χ1n) is 6.70. The van der Waals surface area contributed by atoms with Crippen LogP contribution in [0.1, 0.15) is 23.7 Å². The van der Waals surface area contributed by atoms with Gasteiger partial charge in [0.2, 0.25) is 5.91 Å². The Bertz CT molecular complexity index is 614. The zero-order valence-electron chi connectivity index (χ0n) is 13.0. The fourth-order valence-corrected chi connectivity index (χ4v) is 1.77. The number of amides is 2. The van der Waals surface area contributed by atoms with Crippen LogP contribution in [0.2, 0.25) is 0 Å². The van der Waals surface area contributed by atoms with Crippen molar-refractivity contribution in [3.63, 3.8) is 0 Å². The van der Waals surface area contributed by atoms with Crippen molar-refractivity contribution in [2.45, 2.75) is 19.4 Å². The molecule has 124 valence electrons. The van der Waals surface area contributed by atoms with Crippen LogP contribution in [-0.4, -0.2) is 44.0 Å². The van der Waals surface area contributed by atoms with Crippen LogP contribution in [0.3, 0.4) is 0 Å². The number of ether oxygens (including phenoxy) is 2. The summed E-state index contributed by atoms with van der Waals surface area (Å²) in [7, 11) is 2.32. The Balaban J connectivity index is 2.87. The molecular weight excluding hydrogens is 304 g/mol. The van der Waals surface area contributed by atoms with Gasteiger partial charge in [-0.3, -0.25) is 14.4 Å². The molecule has 2 amide bonds. The first kappa shape index (κ1) is 18.1. The standard InChI is InChI=1S/C15H18N2O6/c1-9(18)16-11-6-4-5-10(7-11)14(20)17-12(15(21)23-3)8-13(19)22-2/h4-7,12H,8H2,1-3H3,(H,16,18)(H,17,20)/t12-/m0/s1. The molecule has 0 aliphatic heterocycles. The van der Waals surface area contributed by atoms with E-state index in [1.807, 2.05) is 0 Å². The molecule has 0 heterocycles. The Morgan fingerprint density at radius 2 is 1.83 bits per heavy atom. The number of hydrogen-bond donors (Lipinski definition) is 2. The molecule has 1 aromatic carbocycles. The SMILES string of the molecule is COC(=O)C[C@H](NC(=O)c1cccc(NC(C)=O)c1)C(=O)OC. The third-order valence-electron chi connectivity index (χ3n) is 2.83. The van der Waals surface area contributed by atoms with Gasteiger partial charge in [0.1, 0.15) is 6.04 Å². The number of esters is 2. The number of anilines is 1. The third-order valence-corrected chi connectivity index (χ3v) is 2.83. The third kappa shape index (κ3) is 5.77. The topological polar surface area (TPSA) is 111 Å². The van der Waals surface area contributed by atoms with Gasteiger partial charge in [-0.15, -0.1) is 0 Å². The lowest BCUT2D eigenvalue weighted by molar-refractivity contribution is -0.149. The van der Waals surface area contributed by atoms with Gasteiger partial charge in [-0.1, -0.05) is 6.07 Å². The number of nitrogens with one attached hydrogen (secondary N) is 2. The maximum absolute atomic E-state index is 12.2. The molecule has 0 saturated carbocycles. The number of methoxy groups -OCH3 is 2. The summed E-state index contributed by atoms with van der Waals surface area (Å²) in [5.41, 5.74) is 0.655. The van der Waals surface area contributed by atoms with Gasteiger partial charge in [0.25, 0.3) is 5.91 Å². The second-order valence-electron chi connectivity index (χ2n) is 4.59. The quantitative estimate of drug-likeness (QED) is 0.737. The van der Waals surface area contributed by atoms with Gasteiger partial charge in [-0.2, -0.15) is 0 Å². The Kier molecular flexibility index (Phi) is 6.72. The fourth-order valence-electron chi connectivity index (χ4n) is 1.77. The molecule has 0 aliphatic rings. The van der Waals surface area contributed by atoms with Crippen molar-refractivity contribution in [3.05, 3.63) is 29.8 Å². The molecule has 0 radical (unpaired) electrons. The predicted molar refractivity (Wildman–Crippen MR) is 80.6 cm³/mol. The average molecular weight is 322 g/mol. The minimum Gasteiger partial charge on any atom is -0.469 e. The van der Waals surface area contributed by atoms with Crippen LogP contribution in [0.25, 0.3) is 0 Å². The van der Waals surface area contributed by atoms with Crippen LogP contribution in [0.5, 0.6) is 0 Å². The van der Waals surface area contributed by atoms with Crippen molar-refractivity contribution < 1.29 is 28.7 Å². The van der Waals surface area contributed by atoms with E-state index in [-0.39, 0.29) is 17.9 Å². The summed E-state index contributed by atoms with van der Waals surface area (Å²) in [6, 6.07) is 4.98. The van der Waals surface area contributed by atoms with Crippen molar-refractivity contribution in [2.24, 2.45) is 0 Å². The summed E-state index contributed by atoms with van der Waals surface area (Å²) in [6.45, 7) is 1.34. The van der Waals surface area contributed by atoms with Crippen molar-refractivity contribution in [2.75, 3.05) is 19.5 Å². The van der Waals surface area contributed by atoms with E-state index in [4.69, 9.17) is 0 Å². The summed E-state index contributed by atoms with van der Waals surface area (Å²) in [5.74, 6) is -2.29. The molecule has 0 aliphatic carbocycles. The minimum atomic E-state index is -1.16. The monoisotopic (exact) mass is 322 g/mol. The van der Waals surface area contributed by atoms with E-state index >= 15 is 0 Å². The van der Waals surface area contributed by atoms with E-state index in [9.17, 15) is 19.2 Å². The van der Waals surface area contributed by atoms with E-state index in [0.717, 1.165) is 7.11 Å². The predicted octanol–water partition coefficient (Wildman–Crippen LogP) is 0.479. The van der Waals surface area contributed by atoms with Crippen molar-refractivity contribution in [1.29, 1.82) is 0 Å². The highest BCUT2D eigenvalue weighted by Crippen LogP contribution is 2.11. The Hall–Kier alpha value is -2.90. The van der Waals surface area contributed by atoms with Crippen LogP contribution >= 0.6 is 0 Å². The molecular formula is C15H18N2O6. The average Bonchev–Trinajstić information content (AvgIpc) is 2.52. The van der Waals surface area contributed by atoms with Gasteiger partial charge in [0.15, 0.2) is 0 Å². The first-order chi connectivity index (χ1) is 10.9. The van der Waals surface area contributed by atoms with E-state index in [1.165, 1.54) is 26.2 Å². The molecule has 0 saturated heterocycles. The van der Waals surface area contributed by atoms with Crippen molar-refractivity contribution >= 4 is 29.4 Å². The van der Waals surface area contributed by atoms with E-state index in [0.29, 0.717) is 5.69 Å². The second-order valence-corrected chi connectivity index (χ2v) is 4.59. The Morgan fingerprint density at radius 1 is 1.13 bits per heavy atom. The number of rotatable bonds is 6. The maximum atomic E-state index is 12.2. The maximum Gasteiger partial charge on any atom is 0.328 e. The lowest BCUT2D eigenvalue weighted by Crippen LogP contribution is -2.43. The number of benzene rings is 1. The van der Waals surface area contributed by atoms with Gasteiger partial charge in [0.05, 0.1) is 20.6 Å². The molecule has 8 heteroatoms. The number of hydrogen-bond acceptors (Lipinski definition) is 6. The van der Waals surface area contributed by atoms with E-state index < -0.39 is 23.9 Å². The Labute approximate surface area is 133 Å². The minimum absolute atomic E-state index is 0.218. The lowest BCUT2D eigenvalue weighted by atomic mass is 10.1. The van der Waals surface area contributed by atoms with Gasteiger partial charge in [0, 0.05) is 18.2 Å². The van der Waals surface area contributed by atoms with E-state index in [2.05, 4.69) is 20.1 Å². The van der Waals surface area contributed by atoms with Gasteiger partial charge < -0.3 is 20.1 Å². The van der Waals surface area contributed by atoms with Crippen LogP contribution in [-0.2, 0) is 23.9 Å². The first-order valence-corrected chi connectivity index (χ1v) is 6.70. The van der Waals surface area contributed by atoms with E-state index in [1.54, 1.807) is 12.1 Å². The van der Waals surface area contributed by atoms with Crippen LogP contribution < -0.4 is 10.6 Å². The zero-order chi connectivity index (χ0) is 17.4. The largest absolute Gasteiger partial charge is 0.469 e. The highest BCUT2D eigenvalue weighted by molar-refractivity contribution is 5.99. The molecule has 1 rings (SSSR count). The molecule has 23 heavy (non-hydrogen) atoms. The summed E-state index contributed by atoms with van der Waals surface area (Å²) in [6.07, 6.45) is -0.347. The second kappa shape index (κ2) is 8.52. The fraction of sp³-hybridized carbons (Fsp3) is 0.333.